The fourth-order valence-corrected chi connectivity index (χ4v) is 9.84. The summed E-state index contributed by atoms with van der Waals surface area (Å²) in [5.74, 6) is -4.47. The zero-order valence-electron chi connectivity index (χ0n) is 24.5. The molecule has 3 aliphatic carbocycles. The van der Waals surface area contributed by atoms with Crippen LogP contribution in [0.25, 0.3) is 0 Å². The highest BCUT2D eigenvalue weighted by Crippen LogP contribution is 2.66. The van der Waals surface area contributed by atoms with Crippen molar-refractivity contribution in [1.29, 1.82) is 0 Å². The molecule has 2 aromatic carbocycles. The van der Waals surface area contributed by atoms with Crippen LogP contribution in [0.4, 0.5) is 0 Å². The van der Waals surface area contributed by atoms with Gasteiger partial charge in [0.2, 0.25) is 11.8 Å². The number of phenolic OH excluding ortho intramolecular Hbond substituents is 1. The van der Waals surface area contributed by atoms with Crippen molar-refractivity contribution < 1.29 is 29.0 Å². The van der Waals surface area contributed by atoms with Crippen LogP contribution in [-0.4, -0.2) is 59.8 Å². The van der Waals surface area contributed by atoms with Crippen molar-refractivity contribution in [3.63, 3.8) is 0 Å². The number of carbonyl (C=O) groups is 4. The van der Waals surface area contributed by atoms with Crippen molar-refractivity contribution in [3.05, 3.63) is 71.3 Å². The van der Waals surface area contributed by atoms with Crippen molar-refractivity contribution in [2.75, 3.05) is 5.45 Å². The van der Waals surface area contributed by atoms with Crippen LogP contribution in [0.2, 0.25) is 0 Å². The molecule has 45 heavy (non-hydrogen) atoms. The highest BCUT2D eigenvalue weighted by molar-refractivity contribution is 9.09. The highest BCUT2D eigenvalue weighted by atomic mass is 79.9. The first-order valence-electron chi connectivity index (χ1n) is 15.5. The lowest BCUT2D eigenvalue weighted by atomic mass is 9.56. The van der Waals surface area contributed by atoms with Crippen molar-refractivity contribution in [2.45, 2.75) is 73.3 Å². The van der Waals surface area contributed by atoms with Crippen molar-refractivity contribution in [3.8, 4) is 11.5 Å². The molecule has 5 aliphatic rings. The van der Waals surface area contributed by atoms with Gasteiger partial charge in [0.1, 0.15) is 18.1 Å². The number of carbonyl (C=O) groups excluding carboxylic acids is 4. The van der Waals surface area contributed by atoms with Gasteiger partial charge < -0.3 is 9.84 Å². The molecule has 2 saturated heterocycles. The molecule has 2 aromatic rings. The first-order valence-corrected chi connectivity index (χ1v) is 17.4. The Labute approximate surface area is 279 Å². The summed E-state index contributed by atoms with van der Waals surface area (Å²) in [6.07, 6.45) is 6.70. The maximum Gasteiger partial charge on any atom is 0.254 e. The minimum absolute atomic E-state index is 0.0772. The average molecular weight is 716 g/mol. The van der Waals surface area contributed by atoms with E-state index in [-0.39, 0.29) is 42.1 Å². The second-order valence-electron chi connectivity index (χ2n) is 12.8. The van der Waals surface area contributed by atoms with Gasteiger partial charge in [0.25, 0.3) is 11.8 Å². The summed E-state index contributed by atoms with van der Waals surface area (Å²) in [6, 6.07) is 14.2. The molecule has 11 heteroatoms. The van der Waals surface area contributed by atoms with E-state index < -0.39 is 45.2 Å². The number of fused-ring (bicyclic) bond motifs is 4. The summed E-state index contributed by atoms with van der Waals surface area (Å²) in [4.78, 5) is 54.3. The van der Waals surface area contributed by atoms with Gasteiger partial charge in [-0.25, -0.2) is 0 Å². The van der Waals surface area contributed by atoms with E-state index in [1.54, 1.807) is 12.1 Å². The second kappa shape index (κ2) is 11.4. The molecule has 0 spiro atoms. The number of likely N-dealkylation sites (tertiary alicyclic amines) is 2. The van der Waals surface area contributed by atoms with Crippen LogP contribution < -0.4 is 4.74 Å². The standard InChI is InChI=1S/C34H33BrCl2N2O6/c35-18-38-31(43)33(36)16-25-22(13-14-24-27(25)30(42)39(29(24)41)20-9-5-2-6-10-20)28(34(33,37)32(38)44)23-12-11-21(15-26(23)40)45-17-19-7-3-1-4-8-19/h1,3-4,7-8,11-13,15,20,24-25,27-28,40H,2,5-6,9-10,14,16-18H2. The molecule has 0 bridgehead atoms. The predicted molar refractivity (Wildman–Crippen MR) is 171 cm³/mol. The Bertz CT molecular complexity index is 1610. The van der Waals surface area contributed by atoms with Crippen LogP contribution in [0.15, 0.2) is 60.2 Å². The molecule has 0 aromatic heterocycles. The number of hydrogen-bond donors (Lipinski definition) is 1. The fraction of sp³-hybridized carbons (Fsp3) is 0.471. The van der Waals surface area contributed by atoms with Gasteiger partial charge in [0.05, 0.1) is 17.3 Å². The van der Waals surface area contributed by atoms with Gasteiger partial charge in [-0.1, -0.05) is 83.2 Å². The van der Waals surface area contributed by atoms with Crippen molar-refractivity contribution in [2.24, 2.45) is 17.8 Å². The van der Waals surface area contributed by atoms with E-state index in [2.05, 4.69) is 15.9 Å². The van der Waals surface area contributed by atoms with E-state index in [9.17, 15) is 24.3 Å². The number of alkyl halides is 3. The largest absolute Gasteiger partial charge is 0.508 e. The highest BCUT2D eigenvalue weighted by Gasteiger charge is 2.76. The number of benzene rings is 2. The topological polar surface area (TPSA) is 104 Å². The van der Waals surface area contributed by atoms with Crippen LogP contribution >= 0.6 is 39.1 Å². The van der Waals surface area contributed by atoms with Crippen molar-refractivity contribution >= 4 is 62.8 Å². The molecule has 4 amide bonds. The van der Waals surface area contributed by atoms with Crippen LogP contribution in [0.1, 0.15) is 62.0 Å². The number of hydrogen-bond acceptors (Lipinski definition) is 6. The zero-order chi connectivity index (χ0) is 31.7. The van der Waals surface area contributed by atoms with Gasteiger partial charge in [-0.2, -0.15) is 0 Å². The van der Waals surface area contributed by atoms with Crippen LogP contribution in [-0.2, 0) is 25.8 Å². The molecule has 6 unspecified atom stereocenters. The molecule has 2 heterocycles. The van der Waals surface area contributed by atoms with Gasteiger partial charge in [-0.05, 0) is 43.2 Å². The Morgan fingerprint density at radius 1 is 0.933 bits per heavy atom. The zero-order valence-corrected chi connectivity index (χ0v) is 27.6. The third kappa shape index (κ3) is 4.51. The van der Waals surface area contributed by atoms with Gasteiger partial charge >= 0.3 is 0 Å². The van der Waals surface area contributed by atoms with Gasteiger partial charge in [0.15, 0.2) is 9.75 Å². The summed E-state index contributed by atoms with van der Waals surface area (Å²) < 4.78 is 5.92. The number of allylic oxidation sites excluding steroid dienone is 2. The summed E-state index contributed by atoms with van der Waals surface area (Å²) in [5, 5.41) is 11.5. The van der Waals surface area contributed by atoms with Gasteiger partial charge in [0, 0.05) is 23.6 Å². The normalized spacial score (nSPS) is 33.2. The Hall–Kier alpha value is -2.88. The number of rotatable bonds is 6. The summed E-state index contributed by atoms with van der Waals surface area (Å²) in [7, 11) is 0. The molecule has 2 saturated carbocycles. The lowest BCUT2D eigenvalue weighted by Gasteiger charge is -2.50. The Morgan fingerprint density at radius 3 is 2.36 bits per heavy atom. The van der Waals surface area contributed by atoms with Crippen molar-refractivity contribution in [1.82, 2.24) is 9.80 Å². The molecular formula is C34H33BrCl2N2O6. The molecule has 236 valence electrons. The maximum absolute atomic E-state index is 14.2. The Kier molecular flexibility index (Phi) is 7.81. The monoisotopic (exact) mass is 714 g/mol. The summed E-state index contributed by atoms with van der Waals surface area (Å²) in [5.41, 5.74) is 1.80. The van der Waals surface area contributed by atoms with Crippen LogP contribution in [0.5, 0.6) is 11.5 Å². The molecule has 6 atom stereocenters. The van der Waals surface area contributed by atoms with E-state index in [1.807, 2.05) is 36.4 Å². The smallest absolute Gasteiger partial charge is 0.254 e. The number of imide groups is 2. The van der Waals surface area contributed by atoms with Gasteiger partial charge in [-0.3, -0.25) is 29.0 Å². The number of ether oxygens (including phenoxy) is 1. The molecule has 7 rings (SSSR count). The van der Waals surface area contributed by atoms with E-state index in [0.29, 0.717) is 23.3 Å². The van der Waals surface area contributed by atoms with Crippen LogP contribution in [0.3, 0.4) is 0 Å². The Morgan fingerprint density at radius 2 is 1.67 bits per heavy atom. The molecule has 2 aliphatic heterocycles. The first kappa shape index (κ1) is 30.8. The van der Waals surface area contributed by atoms with E-state index >= 15 is 0 Å². The SMILES string of the molecule is O=C1C2CC=C3C(CC4(Cl)C(=O)N(CBr)C(=O)C4(Cl)C3c3ccc(OCc4ccccc4)cc3O)C2C(=O)N1C1CCCCC1. The summed E-state index contributed by atoms with van der Waals surface area (Å²) in [6.45, 7) is 0.282. The minimum atomic E-state index is -1.98. The average Bonchev–Trinajstić information content (AvgIpc) is 3.39. The number of halogens is 3. The lowest BCUT2D eigenvalue weighted by molar-refractivity contribution is -0.144. The van der Waals surface area contributed by atoms with E-state index in [1.165, 1.54) is 11.0 Å². The number of amides is 4. The van der Waals surface area contributed by atoms with Gasteiger partial charge in [-0.15, -0.1) is 23.2 Å². The van der Waals surface area contributed by atoms with Crippen LogP contribution in [0, 0.1) is 17.8 Å². The lowest BCUT2D eigenvalue weighted by Crippen LogP contribution is -2.60. The number of aromatic hydroxyl groups is 1. The molecule has 8 nitrogen and oxygen atoms in total. The number of phenols is 1. The minimum Gasteiger partial charge on any atom is -0.508 e. The molecular weight excluding hydrogens is 683 g/mol. The van der Waals surface area contributed by atoms with E-state index in [4.69, 9.17) is 27.9 Å². The third-order valence-electron chi connectivity index (χ3n) is 10.5. The van der Waals surface area contributed by atoms with E-state index in [0.717, 1.165) is 42.6 Å². The number of nitrogens with zero attached hydrogens (tertiary/aromatic N) is 2. The fourth-order valence-electron chi connectivity index (χ4n) is 8.42. The molecule has 0 radical (unpaired) electrons. The molecule has 4 fully saturated rings. The quantitative estimate of drug-likeness (QED) is 0.170. The first-order chi connectivity index (χ1) is 21.6. The Balaban J connectivity index is 1.30. The second-order valence-corrected chi connectivity index (χ2v) is 14.6. The third-order valence-corrected chi connectivity index (χ3v) is 12.5. The maximum atomic E-state index is 14.2. The molecule has 1 N–H and O–H groups in total. The summed E-state index contributed by atoms with van der Waals surface area (Å²) >= 11 is 17.9. The predicted octanol–water partition coefficient (Wildman–Crippen LogP) is 6.02.